The standard InChI is InChI=1S/C21H24N4O5S/c1-27-17-13-15(29-11-8-25-6-9-28-10-7-25)4-5-16(17)20(26)22-14-19-23-24-21(30-19)18-3-2-12-31-18/h2-5,12-13H,6-11,14H2,1H3,(H,22,26). The van der Waals surface area contributed by atoms with Gasteiger partial charge < -0.3 is 23.9 Å². The fourth-order valence-corrected chi connectivity index (χ4v) is 3.79. The Morgan fingerprint density at radius 2 is 2.13 bits per heavy atom. The fraction of sp³-hybridized carbons (Fsp3) is 0.381. The van der Waals surface area contributed by atoms with Gasteiger partial charge in [-0.2, -0.15) is 0 Å². The number of carbonyl (C=O) groups excluding carboxylic acids is 1. The van der Waals surface area contributed by atoms with Crippen LogP contribution in [-0.4, -0.2) is 67.6 Å². The molecule has 1 aromatic carbocycles. The van der Waals surface area contributed by atoms with E-state index in [1.807, 2.05) is 17.5 Å². The van der Waals surface area contributed by atoms with E-state index in [0.29, 0.717) is 35.5 Å². The topological polar surface area (TPSA) is 99.0 Å². The van der Waals surface area contributed by atoms with Gasteiger partial charge in [-0.1, -0.05) is 6.07 Å². The van der Waals surface area contributed by atoms with Crippen LogP contribution < -0.4 is 14.8 Å². The summed E-state index contributed by atoms with van der Waals surface area (Å²) in [5, 5.41) is 12.7. The van der Waals surface area contributed by atoms with Gasteiger partial charge in [-0.25, -0.2) is 0 Å². The van der Waals surface area contributed by atoms with Gasteiger partial charge in [0.25, 0.3) is 11.8 Å². The van der Waals surface area contributed by atoms with Crippen LogP contribution in [0.5, 0.6) is 11.5 Å². The molecule has 1 N–H and O–H groups in total. The highest BCUT2D eigenvalue weighted by Gasteiger charge is 2.16. The van der Waals surface area contributed by atoms with Crippen molar-refractivity contribution in [3.63, 3.8) is 0 Å². The summed E-state index contributed by atoms with van der Waals surface area (Å²) in [7, 11) is 1.52. The van der Waals surface area contributed by atoms with Gasteiger partial charge >= 0.3 is 0 Å². The summed E-state index contributed by atoms with van der Waals surface area (Å²) < 4.78 is 22.2. The molecule has 9 nitrogen and oxygen atoms in total. The average Bonchev–Trinajstić information content (AvgIpc) is 3.50. The molecule has 0 saturated carbocycles. The third-order valence-electron chi connectivity index (χ3n) is 4.80. The van der Waals surface area contributed by atoms with Gasteiger partial charge in [0.05, 0.1) is 37.3 Å². The number of aromatic nitrogens is 2. The van der Waals surface area contributed by atoms with Gasteiger partial charge in [-0.05, 0) is 23.6 Å². The monoisotopic (exact) mass is 444 g/mol. The lowest BCUT2D eigenvalue weighted by molar-refractivity contribution is 0.0322. The highest BCUT2D eigenvalue weighted by atomic mass is 32.1. The first kappa shape index (κ1) is 21.3. The second kappa shape index (κ2) is 10.4. The summed E-state index contributed by atoms with van der Waals surface area (Å²) in [4.78, 5) is 15.8. The highest BCUT2D eigenvalue weighted by Crippen LogP contribution is 2.25. The smallest absolute Gasteiger partial charge is 0.257 e. The number of nitrogens with one attached hydrogen (secondary N) is 1. The zero-order chi connectivity index (χ0) is 21.5. The van der Waals surface area contributed by atoms with Crippen molar-refractivity contribution in [2.45, 2.75) is 6.54 Å². The lowest BCUT2D eigenvalue weighted by atomic mass is 10.1. The van der Waals surface area contributed by atoms with Crippen LogP contribution in [0.15, 0.2) is 40.1 Å². The zero-order valence-electron chi connectivity index (χ0n) is 17.2. The fourth-order valence-electron chi connectivity index (χ4n) is 3.14. The normalized spacial score (nSPS) is 14.4. The summed E-state index contributed by atoms with van der Waals surface area (Å²) in [6.07, 6.45) is 0. The first-order chi connectivity index (χ1) is 15.2. The number of nitrogens with zero attached hydrogens (tertiary/aromatic N) is 3. The Labute approximate surface area is 183 Å². The molecule has 0 atom stereocenters. The Bertz CT molecular complexity index is 986. The van der Waals surface area contributed by atoms with Gasteiger partial charge in [0.1, 0.15) is 18.1 Å². The molecule has 164 valence electrons. The predicted molar refractivity (Wildman–Crippen MR) is 115 cm³/mol. The summed E-state index contributed by atoms with van der Waals surface area (Å²) in [6.45, 7) is 4.86. The van der Waals surface area contributed by atoms with E-state index in [-0.39, 0.29) is 12.5 Å². The van der Waals surface area contributed by atoms with Crippen molar-refractivity contribution in [2.75, 3.05) is 46.6 Å². The van der Waals surface area contributed by atoms with Crippen LogP contribution in [0, 0.1) is 0 Å². The molecule has 1 amide bonds. The molecule has 4 rings (SSSR count). The lowest BCUT2D eigenvalue weighted by Crippen LogP contribution is -2.38. The highest BCUT2D eigenvalue weighted by molar-refractivity contribution is 7.13. The summed E-state index contributed by atoms with van der Waals surface area (Å²) >= 11 is 1.51. The maximum absolute atomic E-state index is 12.6. The molecular weight excluding hydrogens is 420 g/mol. The molecule has 3 heterocycles. The van der Waals surface area contributed by atoms with Crippen molar-refractivity contribution in [1.29, 1.82) is 0 Å². The third kappa shape index (κ3) is 5.60. The summed E-state index contributed by atoms with van der Waals surface area (Å²) in [5.41, 5.74) is 0.404. The maximum atomic E-state index is 12.6. The predicted octanol–water partition coefficient (Wildman–Crippen LogP) is 2.45. The van der Waals surface area contributed by atoms with Gasteiger partial charge in [-0.3, -0.25) is 9.69 Å². The first-order valence-corrected chi connectivity index (χ1v) is 10.9. The minimum absolute atomic E-state index is 0.123. The summed E-state index contributed by atoms with van der Waals surface area (Å²) in [5.74, 6) is 1.56. The molecule has 0 bridgehead atoms. The van der Waals surface area contributed by atoms with Crippen molar-refractivity contribution < 1.29 is 23.4 Å². The van der Waals surface area contributed by atoms with Crippen LogP contribution in [0.1, 0.15) is 16.2 Å². The Hall–Kier alpha value is -2.95. The van der Waals surface area contributed by atoms with E-state index >= 15 is 0 Å². The average molecular weight is 445 g/mol. The molecule has 1 fully saturated rings. The Balaban J connectivity index is 1.31. The van der Waals surface area contributed by atoms with E-state index in [9.17, 15) is 4.79 Å². The van der Waals surface area contributed by atoms with E-state index in [1.54, 1.807) is 18.2 Å². The second-order valence-electron chi connectivity index (χ2n) is 6.83. The minimum atomic E-state index is -0.299. The molecule has 1 aliphatic heterocycles. The van der Waals surface area contributed by atoms with Crippen LogP contribution in [0.4, 0.5) is 0 Å². The van der Waals surface area contributed by atoms with Gasteiger partial charge in [0.2, 0.25) is 5.89 Å². The van der Waals surface area contributed by atoms with Crippen LogP contribution >= 0.6 is 11.3 Å². The van der Waals surface area contributed by atoms with E-state index in [0.717, 1.165) is 37.7 Å². The number of morpholine rings is 1. The van der Waals surface area contributed by atoms with Crippen molar-refractivity contribution >= 4 is 17.2 Å². The Kier molecular flexibility index (Phi) is 7.13. The number of ether oxygens (including phenoxy) is 3. The zero-order valence-corrected chi connectivity index (χ0v) is 18.0. The molecule has 0 radical (unpaired) electrons. The number of hydrogen-bond donors (Lipinski definition) is 1. The SMILES string of the molecule is COc1cc(OCCN2CCOCC2)ccc1C(=O)NCc1nnc(-c2cccs2)o1. The van der Waals surface area contributed by atoms with Crippen LogP contribution in [-0.2, 0) is 11.3 Å². The molecular formula is C21H24N4O5S. The van der Waals surface area contributed by atoms with E-state index in [2.05, 4.69) is 20.4 Å². The minimum Gasteiger partial charge on any atom is -0.496 e. The first-order valence-electron chi connectivity index (χ1n) is 9.98. The van der Waals surface area contributed by atoms with Gasteiger partial charge in [0.15, 0.2) is 0 Å². The molecule has 1 aliphatic rings. The largest absolute Gasteiger partial charge is 0.496 e. The van der Waals surface area contributed by atoms with Crippen LogP contribution in [0.25, 0.3) is 10.8 Å². The van der Waals surface area contributed by atoms with Crippen molar-refractivity contribution in [3.8, 4) is 22.3 Å². The van der Waals surface area contributed by atoms with Crippen molar-refractivity contribution in [1.82, 2.24) is 20.4 Å². The van der Waals surface area contributed by atoms with Gasteiger partial charge in [0, 0.05) is 25.7 Å². The summed E-state index contributed by atoms with van der Waals surface area (Å²) in [6, 6.07) is 8.97. The quantitative estimate of drug-likeness (QED) is 0.537. The van der Waals surface area contributed by atoms with E-state index in [4.69, 9.17) is 18.6 Å². The third-order valence-corrected chi connectivity index (χ3v) is 5.65. The molecule has 10 heteroatoms. The molecule has 31 heavy (non-hydrogen) atoms. The number of thiophene rings is 1. The molecule has 0 unspecified atom stereocenters. The number of hydrogen-bond acceptors (Lipinski definition) is 9. The van der Waals surface area contributed by atoms with Gasteiger partial charge in [-0.15, -0.1) is 21.5 Å². The molecule has 3 aromatic rings. The number of methoxy groups -OCH3 is 1. The number of amides is 1. The molecule has 0 aliphatic carbocycles. The van der Waals surface area contributed by atoms with Crippen molar-refractivity contribution in [2.24, 2.45) is 0 Å². The molecule has 1 saturated heterocycles. The second-order valence-corrected chi connectivity index (χ2v) is 7.77. The maximum Gasteiger partial charge on any atom is 0.257 e. The Morgan fingerprint density at radius 3 is 2.90 bits per heavy atom. The van der Waals surface area contributed by atoms with E-state index in [1.165, 1.54) is 18.4 Å². The number of benzene rings is 1. The number of carbonyl (C=O) groups is 1. The van der Waals surface area contributed by atoms with Crippen molar-refractivity contribution in [3.05, 3.63) is 47.2 Å². The number of rotatable bonds is 9. The Morgan fingerprint density at radius 1 is 1.26 bits per heavy atom. The molecule has 2 aromatic heterocycles. The van der Waals surface area contributed by atoms with Crippen LogP contribution in [0.2, 0.25) is 0 Å². The van der Waals surface area contributed by atoms with Crippen LogP contribution in [0.3, 0.4) is 0 Å². The molecule has 0 spiro atoms. The van der Waals surface area contributed by atoms with E-state index < -0.39 is 0 Å². The lowest BCUT2D eigenvalue weighted by Gasteiger charge is -2.26.